The molecule has 6 heteroatoms. The van der Waals surface area contributed by atoms with Gasteiger partial charge in [0.15, 0.2) is 0 Å². The van der Waals surface area contributed by atoms with Crippen LogP contribution in [0.15, 0.2) is 29.7 Å². The molecule has 0 atom stereocenters. The van der Waals surface area contributed by atoms with Gasteiger partial charge in [-0.1, -0.05) is 23.7 Å². The number of benzene rings is 1. The van der Waals surface area contributed by atoms with Crippen molar-refractivity contribution < 1.29 is 8.42 Å². The lowest BCUT2D eigenvalue weighted by Crippen LogP contribution is -2.40. The predicted octanol–water partition coefficient (Wildman–Crippen LogP) is 2.76. The summed E-state index contributed by atoms with van der Waals surface area (Å²) >= 11 is 5.79. The Morgan fingerprint density at radius 1 is 1.10 bits per heavy atom. The van der Waals surface area contributed by atoms with E-state index in [2.05, 4.69) is 10.0 Å². The normalized spacial score (nSPS) is 23.5. The molecular weight excluding hydrogens is 308 g/mol. The molecule has 0 radical (unpaired) electrons. The van der Waals surface area contributed by atoms with E-state index in [0.717, 1.165) is 31.2 Å². The molecule has 0 spiro atoms. The van der Waals surface area contributed by atoms with Crippen LogP contribution in [0.4, 0.5) is 0 Å². The van der Waals surface area contributed by atoms with E-state index in [1.807, 2.05) is 7.05 Å². The zero-order valence-electron chi connectivity index (χ0n) is 12.0. The fourth-order valence-corrected chi connectivity index (χ4v) is 3.75. The standard InChI is InChI=1S/C15H21ClN2O2S/c1-17-14-6-8-15(9-7-14)18-21(19,20)11-10-12-2-4-13(16)5-3-12/h2-5,10-11,14-15,17-18H,6-9H2,1H3. The van der Waals surface area contributed by atoms with Crippen LogP contribution < -0.4 is 10.0 Å². The molecule has 0 aromatic heterocycles. The Bertz CT molecular complexity index is 576. The monoisotopic (exact) mass is 328 g/mol. The maximum atomic E-state index is 12.1. The van der Waals surface area contributed by atoms with Crippen LogP contribution in [-0.2, 0) is 10.0 Å². The molecule has 0 unspecified atom stereocenters. The summed E-state index contributed by atoms with van der Waals surface area (Å²) in [5.74, 6) is 0. The van der Waals surface area contributed by atoms with E-state index in [4.69, 9.17) is 11.6 Å². The highest BCUT2D eigenvalue weighted by Gasteiger charge is 2.22. The highest BCUT2D eigenvalue weighted by Crippen LogP contribution is 2.19. The molecule has 0 bridgehead atoms. The van der Waals surface area contributed by atoms with E-state index in [1.165, 1.54) is 5.41 Å². The van der Waals surface area contributed by atoms with Crippen LogP contribution in [0.1, 0.15) is 31.2 Å². The van der Waals surface area contributed by atoms with Crippen LogP contribution in [0.3, 0.4) is 0 Å². The molecule has 0 heterocycles. The molecule has 0 saturated heterocycles. The van der Waals surface area contributed by atoms with Crippen molar-refractivity contribution in [1.82, 2.24) is 10.0 Å². The van der Waals surface area contributed by atoms with Crippen LogP contribution in [0, 0.1) is 0 Å². The highest BCUT2D eigenvalue weighted by atomic mass is 35.5. The van der Waals surface area contributed by atoms with Gasteiger partial charge in [-0.15, -0.1) is 0 Å². The molecule has 0 amide bonds. The molecule has 1 aromatic carbocycles. The number of hydrogen-bond donors (Lipinski definition) is 2. The third kappa shape index (κ3) is 5.43. The Morgan fingerprint density at radius 3 is 2.24 bits per heavy atom. The molecule has 1 aromatic rings. The van der Waals surface area contributed by atoms with E-state index in [0.29, 0.717) is 11.1 Å². The maximum Gasteiger partial charge on any atom is 0.233 e. The molecule has 2 N–H and O–H groups in total. The molecule has 1 saturated carbocycles. The third-order valence-electron chi connectivity index (χ3n) is 3.78. The van der Waals surface area contributed by atoms with E-state index in [9.17, 15) is 8.42 Å². The average molecular weight is 329 g/mol. The second-order valence-electron chi connectivity index (χ2n) is 5.35. The summed E-state index contributed by atoms with van der Waals surface area (Å²) in [5.41, 5.74) is 0.809. The van der Waals surface area contributed by atoms with Crippen LogP contribution in [-0.4, -0.2) is 27.5 Å². The van der Waals surface area contributed by atoms with Gasteiger partial charge in [-0.25, -0.2) is 13.1 Å². The summed E-state index contributed by atoms with van der Waals surface area (Å²) in [6.07, 6.45) is 5.34. The van der Waals surface area contributed by atoms with Gasteiger partial charge in [-0.05, 0) is 56.5 Å². The summed E-state index contributed by atoms with van der Waals surface area (Å²) in [6, 6.07) is 7.59. The molecule has 1 aliphatic carbocycles. The van der Waals surface area contributed by atoms with E-state index >= 15 is 0 Å². The van der Waals surface area contributed by atoms with Crippen LogP contribution in [0.25, 0.3) is 6.08 Å². The van der Waals surface area contributed by atoms with Crippen molar-refractivity contribution in [2.45, 2.75) is 37.8 Å². The Kier molecular flexibility index (Phi) is 5.81. The lowest BCUT2D eigenvalue weighted by atomic mass is 9.92. The van der Waals surface area contributed by atoms with Gasteiger partial charge in [0.05, 0.1) is 0 Å². The van der Waals surface area contributed by atoms with Gasteiger partial charge < -0.3 is 5.32 Å². The van der Waals surface area contributed by atoms with Gasteiger partial charge >= 0.3 is 0 Å². The Morgan fingerprint density at radius 2 is 1.67 bits per heavy atom. The Labute approximate surface area is 131 Å². The SMILES string of the molecule is CNC1CCC(NS(=O)(=O)C=Cc2ccc(Cl)cc2)CC1. The number of nitrogens with one attached hydrogen (secondary N) is 2. The fraction of sp³-hybridized carbons (Fsp3) is 0.467. The summed E-state index contributed by atoms with van der Waals surface area (Å²) in [7, 11) is -1.45. The van der Waals surface area contributed by atoms with E-state index in [-0.39, 0.29) is 6.04 Å². The topological polar surface area (TPSA) is 58.2 Å². The zero-order valence-corrected chi connectivity index (χ0v) is 13.6. The van der Waals surface area contributed by atoms with Gasteiger partial charge in [0, 0.05) is 22.5 Å². The first kappa shape index (κ1) is 16.5. The summed E-state index contributed by atoms with van der Waals surface area (Å²) in [6.45, 7) is 0. The third-order valence-corrected chi connectivity index (χ3v) is 5.18. The number of sulfonamides is 1. The summed E-state index contributed by atoms with van der Waals surface area (Å²) in [5, 5.41) is 5.09. The van der Waals surface area contributed by atoms with Crippen molar-refractivity contribution in [1.29, 1.82) is 0 Å². The van der Waals surface area contributed by atoms with Crippen molar-refractivity contribution in [3.05, 3.63) is 40.3 Å². The molecule has 1 aliphatic rings. The average Bonchev–Trinajstić information content (AvgIpc) is 2.47. The molecular formula is C15H21ClN2O2S. The van der Waals surface area contributed by atoms with E-state index < -0.39 is 10.0 Å². The van der Waals surface area contributed by atoms with Crippen LogP contribution >= 0.6 is 11.6 Å². The molecule has 2 rings (SSSR count). The Hall–Kier alpha value is -0.880. The first-order valence-electron chi connectivity index (χ1n) is 7.12. The first-order valence-corrected chi connectivity index (χ1v) is 9.04. The highest BCUT2D eigenvalue weighted by molar-refractivity contribution is 7.92. The molecule has 1 fully saturated rings. The van der Waals surface area contributed by atoms with Gasteiger partial charge in [0.1, 0.15) is 0 Å². The predicted molar refractivity (Wildman–Crippen MR) is 87.6 cm³/mol. The number of hydrogen-bond acceptors (Lipinski definition) is 3. The quantitative estimate of drug-likeness (QED) is 0.873. The smallest absolute Gasteiger partial charge is 0.233 e. The van der Waals surface area contributed by atoms with Crippen molar-refractivity contribution in [3.63, 3.8) is 0 Å². The fourth-order valence-electron chi connectivity index (χ4n) is 2.51. The van der Waals surface area contributed by atoms with Gasteiger partial charge in [0.2, 0.25) is 10.0 Å². The minimum atomic E-state index is -3.40. The van der Waals surface area contributed by atoms with Gasteiger partial charge in [-0.3, -0.25) is 0 Å². The van der Waals surface area contributed by atoms with Crippen molar-refractivity contribution in [2.75, 3.05) is 7.05 Å². The van der Waals surface area contributed by atoms with Crippen LogP contribution in [0.5, 0.6) is 0 Å². The number of rotatable bonds is 5. The van der Waals surface area contributed by atoms with Gasteiger partial charge in [0.25, 0.3) is 0 Å². The second-order valence-corrected chi connectivity index (χ2v) is 7.39. The van der Waals surface area contributed by atoms with Crippen molar-refractivity contribution in [3.8, 4) is 0 Å². The molecule has 21 heavy (non-hydrogen) atoms. The minimum absolute atomic E-state index is 0.0365. The minimum Gasteiger partial charge on any atom is -0.317 e. The zero-order chi connectivity index (χ0) is 15.3. The summed E-state index contributed by atoms with van der Waals surface area (Å²) in [4.78, 5) is 0. The maximum absolute atomic E-state index is 12.1. The molecule has 4 nitrogen and oxygen atoms in total. The van der Waals surface area contributed by atoms with E-state index in [1.54, 1.807) is 30.3 Å². The van der Waals surface area contributed by atoms with Crippen molar-refractivity contribution in [2.24, 2.45) is 0 Å². The lowest BCUT2D eigenvalue weighted by molar-refractivity contribution is 0.343. The molecule has 116 valence electrons. The summed E-state index contributed by atoms with van der Waals surface area (Å²) < 4.78 is 26.9. The lowest BCUT2D eigenvalue weighted by Gasteiger charge is -2.28. The van der Waals surface area contributed by atoms with Gasteiger partial charge in [-0.2, -0.15) is 0 Å². The Balaban J connectivity index is 1.91. The first-order chi connectivity index (χ1) is 9.98. The number of halogens is 1. The molecule has 0 aliphatic heterocycles. The second kappa shape index (κ2) is 7.40. The van der Waals surface area contributed by atoms with Crippen molar-refractivity contribution >= 4 is 27.7 Å². The van der Waals surface area contributed by atoms with Crippen LogP contribution in [0.2, 0.25) is 5.02 Å². The largest absolute Gasteiger partial charge is 0.317 e.